The molecule has 0 saturated heterocycles. The van der Waals surface area contributed by atoms with Gasteiger partial charge < -0.3 is 5.32 Å². The Balaban J connectivity index is 1.79. The van der Waals surface area contributed by atoms with Gasteiger partial charge in [0.05, 0.1) is 4.90 Å². The molecule has 1 aliphatic carbocycles. The fourth-order valence-electron chi connectivity index (χ4n) is 3.28. The molecule has 0 spiro atoms. The van der Waals surface area contributed by atoms with Crippen molar-refractivity contribution in [3.05, 3.63) is 59.2 Å². The number of fused-ring (bicyclic) bond motifs is 1. The highest BCUT2D eigenvalue weighted by molar-refractivity contribution is 7.89. The predicted octanol–water partition coefficient (Wildman–Crippen LogP) is 3.89. The summed E-state index contributed by atoms with van der Waals surface area (Å²) >= 11 is 0. The molecule has 0 heterocycles. The molecule has 5 nitrogen and oxygen atoms in total. The van der Waals surface area contributed by atoms with Crippen molar-refractivity contribution in [2.45, 2.75) is 56.9 Å². The van der Waals surface area contributed by atoms with E-state index in [4.69, 9.17) is 0 Å². The standard InChI is InChI=1S/C21H26N2O3S/c1-21(2,3)23-27(25,26)19-10-6-9-18(14-19)22-20(24)17-12-11-15-7-4-5-8-16(15)13-17/h6,9-14,23H,4-5,7-8H2,1-3H3,(H,22,24). The van der Waals surface area contributed by atoms with Gasteiger partial charge in [0.15, 0.2) is 0 Å². The average Bonchev–Trinajstić information content (AvgIpc) is 2.59. The minimum absolute atomic E-state index is 0.126. The van der Waals surface area contributed by atoms with Crippen molar-refractivity contribution in [2.24, 2.45) is 0 Å². The van der Waals surface area contributed by atoms with Crippen LogP contribution in [-0.2, 0) is 22.9 Å². The largest absolute Gasteiger partial charge is 0.322 e. The lowest BCUT2D eigenvalue weighted by molar-refractivity contribution is 0.102. The average molecular weight is 387 g/mol. The Kier molecular flexibility index (Phi) is 5.40. The summed E-state index contributed by atoms with van der Waals surface area (Å²) in [5.74, 6) is -0.235. The molecule has 1 amide bonds. The molecule has 144 valence electrons. The van der Waals surface area contributed by atoms with E-state index in [1.807, 2.05) is 18.2 Å². The van der Waals surface area contributed by atoms with Crippen molar-refractivity contribution in [1.29, 1.82) is 0 Å². The van der Waals surface area contributed by atoms with Crippen molar-refractivity contribution in [1.82, 2.24) is 4.72 Å². The zero-order valence-electron chi connectivity index (χ0n) is 16.0. The molecule has 3 rings (SSSR count). The fourth-order valence-corrected chi connectivity index (χ4v) is 4.74. The number of aryl methyl sites for hydroxylation is 2. The Hall–Kier alpha value is -2.18. The Morgan fingerprint density at radius 1 is 0.963 bits per heavy atom. The zero-order chi connectivity index (χ0) is 19.7. The van der Waals surface area contributed by atoms with E-state index in [0.717, 1.165) is 19.3 Å². The summed E-state index contributed by atoms with van der Waals surface area (Å²) in [5.41, 5.74) is 3.02. The van der Waals surface area contributed by atoms with Gasteiger partial charge in [-0.3, -0.25) is 4.79 Å². The maximum Gasteiger partial charge on any atom is 0.255 e. The molecule has 6 heteroatoms. The van der Waals surface area contributed by atoms with Gasteiger partial charge in [-0.2, -0.15) is 0 Å². The number of carbonyl (C=O) groups is 1. The number of anilines is 1. The molecule has 2 aromatic rings. The smallest absolute Gasteiger partial charge is 0.255 e. The van der Waals surface area contributed by atoms with Crippen molar-refractivity contribution < 1.29 is 13.2 Å². The molecule has 0 radical (unpaired) electrons. The van der Waals surface area contributed by atoms with Crippen molar-refractivity contribution >= 4 is 21.6 Å². The molecule has 2 aromatic carbocycles. The maximum absolute atomic E-state index is 12.6. The second-order valence-electron chi connectivity index (χ2n) is 8.03. The molecule has 0 unspecified atom stereocenters. The lowest BCUT2D eigenvalue weighted by Crippen LogP contribution is -2.40. The van der Waals surface area contributed by atoms with Crippen LogP contribution in [0.15, 0.2) is 47.4 Å². The third-order valence-electron chi connectivity index (χ3n) is 4.45. The molecule has 27 heavy (non-hydrogen) atoms. The highest BCUT2D eigenvalue weighted by atomic mass is 32.2. The molecule has 0 fully saturated rings. The lowest BCUT2D eigenvalue weighted by atomic mass is 9.90. The summed E-state index contributed by atoms with van der Waals surface area (Å²) in [6, 6.07) is 12.1. The highest BCUT2D eigenvalue weighted by Gasteiger charge is 2.22. The SMILES string of the molecule is CC(C)(C)NS(=O)(=O)c1cccc(NC(=O)c2ccc3c(c2)CCCC3)c1. The van der Waals surface area contributed by atoms with Crippen molar-refractivity contribution in [3.8, 4) is 0 Å². The number of benzene rings is 2. The van der Waals surface area contributed by atoms with Crippen LogP contribution in [-0.4, -0.2) is 19.9 Å². The first-order valence-electron chi connectivity index (χ1n) is 9.21. The molecular weight excluding hydrogens is 360 g/mol. The van der Waals surface area contributed by atoms with Gasteiger partial charge in [-0.1, -0.05) is 12.1 Å². The third-order valence-corrected chi connectivity index (χ3v) is 6.21. The number of sulfonamides is 1. The van der Waals surface area contributed by atoms with Crippen LogP contribution in [0, 0.1) is 0 Å². The predicted molar refractivity (Wildman–Crippen MR) is 108 cm³/mol. The first-order valence-corrected chi connectivity index (χ1v) is 10.7. The Morgan fingerprint density at radius 2 is 1.67 bits per heavy atom. The van der Waals surface area contributed by atoms with E-state index in [0.29, 0.717) is 11.3 Å². The molecule has 0 aliphatic heterocycles. The van der Waals surface area contributed by atoms with Crippen LogP contribution in [0.2, 0.25) is 0 Å². The second-order valence-corrected chi connectivity index (χ2v) is 9.71. The van der Waals surface area contributed by atoms with Crippen LogP contribution in [0.4, 0.5) is 5.69 Å². The highest BCUT2D eigenvalue weighted by Crippen LogP contribution is 2.23. The monoisotopic (exact) mass is 386 g/mol. The van der Waals surface area contributed by atoms with Crippen LogP contribution < -0.4 is 10.0 Å². The van der Waals surface area contributed by atoms with Gasteiger partial charge in [-0.05, 0) is 87.9 Å². The minimum Gasteiger partial charge on any atom is -0.322 e. The van der Waals surface area contributed by atoms with Crippen LogP contribution in [0.25, 0.3) is 0 Å². The Morgan fingerprint density at radius 3 is 2.37 bits per heavy atom. The van der Waals surface area contributed by atoms with Gasteiger partial charge in [0.2, 0.25) is 10.0 Å². The van der Waals surface area contributed by atoms with Crippen LogP contribution >= 0.6 is 0 Å². The first kappa shape index (κ1) is 19.6. The molecule has 0 atom stereocenters. The summed E-state index contributed by atoms with van der Waals surface area (Å²) < 4.78 is 27.6. The minimum atomic E-state index is -3.65. The van der Waals surface area contributed by atoms with Gasteiger partial charge in [0.25, 0.3) is 5.91 Å². The first-order chi connectivity index (χ1) is 12.6. The van der Waals surface area contributed by atoms with Gasteiger partial charge >= 0.3 is 0 Å². The van der Waals surface area contributed by atoms with Crippen LogP contribution in [0.3, 0.4) is 0 Å². The van der Waals surface area contributed by atoms with Gasteiger partial charge in [0, 0.05) is 16.8 Å². The van der Waals surface area contributed by atoms with E-state index in [2.05, 4.69) is 10.0 Å². The van der Waals surface area contributed by atoms with Crippen molar-refractivity contribution in [2.75, 3.05) is 5.32 Å². The second kappa shape index (κ2) is 7.44. The molecule has 1 aliphatic rings. The van der Waals surface area contributed by atoms with Crippen LogP contribution in [0.1, 0.15) is 55.1 Å². The number of carbonyl (C=O) groups excluding carboxylic acids is 1. The molecule has 2 N–H and O–H groups in total. The van der Waals surface area contributed by atoms with Crippen LogP contribution in [0.5, 0.6) is 0 Å². The Bertz CT molecular complexity index is 960. The van der Waals surface area contributed by atoms with Crippen molar-refractivity contribution in [3.63, 3.8) is 0 Å². The summed E-state index contributed by atoms with van der Waals surface area (Å²) in [6.45, 7) is 5.35. The number of nitrogens with one attached hydrogen (secondary N) is 2. The molecule has 0 bridgehead atoms. The molecular formula is C21H26N2O3S. The topological polar surface area (TPSA) is 75.3 Å². The zero-order valence-corrected chi connectivity index (χ0v) is 16.8. The maximum atomic E-state index is 12.6. The summed E-state index contributed by atoms with van der Waals surface area (Å²) in [4.78, 5) is 12.7. The summed E-state index contributed by atoms with van der Waals surface area (Å²) in [6.07, 6.45) is 4.42. The number of hydrogen-bond acceptors (Lipinski definition) is 3. The van der Waals surface area contributed by atoms with E-state index < -0.39 is 15.6 Å². The molecule has 0 saturated carbocycles. The summed E-state index contributed by atoms with van der Waals surface area (Å²) in [7, 11) is -3.65. The fraction of sp³-hybridized carbons (Fsp3) is 0.381. The van der Waals surface area contributed by atoms with Gasteiger partial charge in [0.1, 0.15) is 0 Å². The lowest BCUT2D eigenvalue weighted by Gasteiger charge is -2.20. The third kappa shape index (κ3) is 4.96. The number of amides is 1. The number of rotatable bonds is 4. The summed E-state index contributed by atoms with van der Waals surface area (Å²) in [5, 5.41) is 2.81. The van der Waals surface area contributed by atoms with E-state index in [1.54, 1.807) is 32.9 Å². The van der Waals surface area contributed by atoms with E-state index in [-0.39, 0.29) is 10.8 Å². The number of hydrogen-bond donors (Lipinski definition) is 2. The molecule has 0 aromatic heterocycles. The van der Waals surface area contributed by atoms with E-state index >= 15 is 0 Å². The van der Waals surface area contributed by atoms with Gasteiger partial charge in [-0.15, -0.1) is 0 Å². The van der Waals surface area contributed by atoms with E-state index in [1.165, 1.54) is 29.7 Å². The Labute approximate surface area is 161 Å². The normalized spacial score (nSPS) is 14.5. The van der Waals surface area contributed by atoms with E-state index in [9.17, 15) is 13.2 Å². The quantitative estimate of drug-likeness (QED) is 0.837. The van der Waals surface area contributed by atoms with Gasteiger partial charge in [-0.25, -0.2) is 13.1 Å².